The Kier molecular flexibility index (Phi) is 21.4. The summed E-state index contributed by atoms with van der Waals surface area (Å²) in [5, 5.41) is 26.3. The van der Waals surface area contributed by atoms with Crippen LogP contribution in [-0.4, -0.2) is 76.8 Å². The maximum Gasteiger partial charge on any atom is 0.408 e. The van der Waals surface area contributed by atoms with E-state index >= 15 is 0 Å². The fourth-order valence-corrected chi connectivity index (χ4v) is 2.40. The lowest BCUT2D eigenvalue weighted by atomic mass is 10.2. The van der Waals surface area contributed by atoms with Crippen molar-refractivity contribution in [3.63, 3.8) is 0 Å². The second kappa shape index (κ2) is 22.2. The van der Waals surface area contributed by atoms with Crippen LogP contribution in [0.1, 0.15) is 46.1 Å². The molecular formula is C25H40ClN3O11. The normalized spacial score (nSPS) is 11.5. The average molecular weight is 594 g/mol. The van der Waals surface area contributed by atoms with E-state index in [0.29, 0.717) is 24.5 Å². The average Bonchev–Trinajstić information content (AvgIpc) is 3.56. The molecule has 15 heteroatoms. The van der Waals surface area contributed by atoms with E-state index in [4.69, 9.17) is 51.1 Å². The van der Waals surface area contributed by atoms with Crippen LogP contribution in [0.5, 0.6) is 0 Å². The Morgan fingerprint density at radius 3 is 1.88 bits per heavy atom. The number of halogens is 1. The van der Waals surface area contributed by atoms with Crippen LogP contribution in [0.3, 0.4) is 0 Å². The van der Waals surface area contributed by atoms with Crippen molar-refractivity contribution >= 4 is 35.8 Å². The fourth-order valence-electron chi connectivity index (χ4n) is 2.23. The largest absolute Gasteiger partial charge is 0.480 e. The SMILES string of the molecule is CC(C)(C)OC(=O)NCC(=O)O.CCO.CCOC(=O)[C@H](Cc1ccco1)NCl.N[C@@H](Cc1ccco1)C(=O)O. The molecule has 2 rings (SSSR count). The lowest BCUT2D eigenvalue weighted by Gasteiger charge is -2.19. The summed E-state index contributed by atoms with van der Waals surface area (Å²) in [6.45, 7) is 8.70. The number of nitrogens with two attached hydrogens (primary N) is 1. The molecule has 0 unspecified atom stereocenters. The topological polar surface area (TPSA) is 224 Å². The van der Waals surface area contributed by atoms with Gasteiger partial charge in [0, 0.05) is 19.4 Å². The maximum absolute atomic E-state index is 11.3. The van der Waals surface area contributed by atoms with Crippen molar-refractivity contribution in [3.05, 3.63) is 48.3 Å². The van der Waals surface area contributed by atoms with Gasteiger partial charge in [-0.1, -0.05) is 0 Å². The first-order valence-electron chi connectivity index (χ1n) is 12.1. The molecule has 228 valence electrons. The van der Waals surface area contributed by atoms with Crippen molar-refractivity contribution < 1.29 is 52.8 Å². The molecular weight excluding hydrogens is 554 g/mol. The first-order chi connectivity index (χ1) is 18.7. The Balaban J connectivity index is 0. The van der Waals surface area contributed by atoms with Crippen molar-refractivity contribution in [1.82, 2.24) is 10.2 Å². The van der Waals surface area contributed by atoms with Gasteiger partial charge in [0.25, 0.3) is 0 Å². The lowest BCUT2D eigenvalue weighted by Crippen LogP contribution is -2.35. The molecule has 0 aliphatic rings. The summed E-state index contributed by atoms with van der Waals surface area (Å²) < 4.78 is 19.6. The molecule has 7 N–H and O–H groups in total. The van der Waals surface area contributed by atoms with Gasteiger partial charge < -0.3 is 44.7 Å². The number of ether oxygens (including phenoxy) is 2. The number of esters is 1. The van der Waals surface area contributed by atoms with Gasteiger partial charge in [-0.2, -0.15) is 0 Å². The number of aliphatic carboxylic acids is 2. The second-order valence-corrected chi connectivity index (χ2v) is 8.71. The molecule has 0 spiro atoms. The van der Waals surface area contributed by atoms with Gasteiger partial charge in [0.1, 0.15) is 35.7 Å². The summed E-state index contributed by atoms with van der Waals surface area (Å²) in [6.07, 6.45) is 2.94. The monoisotopic (exact) mass is 593 g/mol. The number of aliphatic hydroxyl groups is 1. The van der Waals surface area contributed by atoms with Crippen LogP contribution in [0.2, 0.25) is 0 Å². The van der Waals surface area contributed by atoms with E-state index in [9.17, 15) is 19.2 Å². The molecule has 40 heavy (non-hydrogen) atoms. The van der Waals surface area contributed by atoms with Crippen LogP contribution in [0.15, 0.2) is 45.6 Å². The first kappa shape index (κ1) is 38.6. The standard InChI is InChI=1S/C9H12ClNO3.C7H13NO4.C7H9NO3.C2H6O/c1-2-13-9(12)8(11-10)6-7-4-3-5-14-7;1-7(2,3)12-6(11)8-4-5(9)10;8-6(7(9)10)4-5-2-1-3-11-5;1-2-3/h3-5,8,11H,2,6H2,1H3;4H2,1-3H3,(H,8,11)(H,9,10);1-3,6H,4,8H2,(H,9,10);3H,2H2,1H3/t8-;;6-;/m0.0./s1. The number of carbonyl (C=O) groups is 4. The molecule has 0 bridgehead atoms. The molecule has 0 aromatic carbocycles. The summed E-state index contributed by atoms with van der Waals surface area (Å²) >= 11 is 5.42. The van der Waals surface area contributed by atoms with Crippen molar-refractivity contribution in [2.45, 2.75) is 65.1 Å². The van der Waals surface area contributed by atoms with Gasteiger partial charge in [-0.3, -0.25) is 14.4 Å². The highest BCUT2D eigenvalue weighted by Crippen LogP contribution is 2.07. The van der Waals surface area contributed by atoms with Crippen LogP contribution in [0.25, 0.3) is 0 Å². The predicted octanol–water partition coefficient (Wildman–Crippen LogP) is 2.33. The Labute approximate surface area is 237 Å². The molecule has 2 aromatic rings. The Hall–Kier alpha value is -3.59. The first-order valence-corrected chi connectivity index (χ1v) is 12.4. The number of nitrogens with one attached hydrogen (secondary N) is 2. The van der Waals surface area contributed by atoms with Crippen molar-refractivity contribution in [3.8, 4) is 0 Å². The smallest absolute Gasteiger partial charge is 0.408 e. The van der Waals surface area contributed by atoms with E-state index in [-0.39, 0.29) is 19.0 Å². The number of rotatable bonds is 10. The van der Waals surface area contributed by atoms with Gasteiger partial charge in [-0.15, -0.1) is 0 Å². The van der Waals surface area contributed by atoms with Crippen molar-refractivity contribution in [2.75, 3.05) is 19.8 Å². The van der Waals surface area contributed by atoms with E-state index in [0.717, 1.165) is 0 Å². The zero-order valence-corrected chi connectivity index (χ0v) is 24.0. The van der Waals surface area contributed by atoms with Crippen LogP contribution in [-0.2, 0) is 36.7 Å². The molecule has 1 amide bonds. The molecule has 0 aliphatic heterocycles. The van der Waals surface area contributed by atoms with E-state index in [1.54, 1.807) is 65.1 Å². The van der Waals surface area contributed by atoms with Crippen molar-refractivity contribution in [1.29, 1.82) is 0 Å². The number of alkyl carbamates (subject to hydrolysis) is 1. The fraction of sp³-hybridized carbons (Fsp3) is 0.520. The van der Waals surface area contributed by atoms with E-state index in [1.807, 2.05) is 0 Å². The minimum absolute atomic E-state index is 0.238. The number of carbonyl (C=O) groups excluding carboxylic acids is 2. The summed E-state index contributed by atoms with van der Waals surface area (Å²) in [7, 11) is 0. The predicted molar refractivity (Wildman–Crippen MR) is 144 cm³/mol. The minimum atomic E-state index is -1.10. The lowest BCUT2D eigenvalue weighted by molar-refractivity contribution is -0.145. The van der Waals surface area contributed by atoms with Gasteiger partial charge in [0.15, 0.2) is 0 Å². The Morgan fingerprint density at radius 2 is 1.52 bits per heavy atom. The number of aliphatic hydroxyl groups excluding tert-OH is 1. The summed E-state index contributed by atoms with van der Waals surface area (Å²) in [5.41, 5.74) is 4.65. The summed E-state index contributed by atoms with van der Waals surface area (Å²) in [4.78, 5) is 44.7. The van der Waals surface area contributed by atoms with Crippen molar-refractivity contribution in [2.24, 2.45) is 5.73 Å². The summed E-state index contributed by atoms with van der Waals surface area (Å²) in [6, 6.07) is 5.49. The number of hydrogen-bond acceptors (Lipinski definition) is 11. The number of furan rings is 2. The summed E-state index contributed by atoms with van der Waals surface area (Å²) in [5.74, 6) is -1.20. The number of carboxylic acid groups (broad SMARTS) is 2. The number of hydrogen-bond donors (Lipinski definition) is 6. The van der Waals surface area contributed by atoms with Gasteiger partial charge in [-0.05, 0) is 70.7 Å². The molecule has 0 saturated carbocycles. The minimum Gasteiger partial charge on any atom is -0.480 e. The second-order valence-electron chi connectivity index (χ2n) is 8.49. The molecule has 14 nitrogen and oxygen atoms in total. The highest BCUT2D eigenvalue weighted by Gasteiger charge is 2.20. The third-order valence-corrected chi connectivity index (χ3v) is 4.05. The van der Waals surface area contributed by atoms with E-state index in [1.165, 1.54) is 6.26 Å². The zero-order valence-electron chi connectivity index (χ0n) is 23.2. The Morgan fingerprint density at radius 1 is 1.02 bits per heavy atom. The third-order valence-electron chi connectivity index (χ3n) is 3.79. The quantitative estimate of drug-likeness (QED) is 0.172. The van der Waals surface area contributed by atoms with Gasteiger partial charge in [0.05, 0.1) is 19.1 Å². The van der Waals surface area contributed by atoms with Crippen LogP contribution in [0.4, 0.5) is 4.79 Å². The highest BCUT2D eigenvalue weighted by molar-refractivity contribution is 6.14. The Bertz CT molecular complexity index is 946. The maximum atomic E-state index is 11.3. The molecule has 0 radical (unpaired) electrons. The van der Waals surface area contributed by atoms with Crippen LogP contribution >= 0.6 is 11.8 Å². The highest BCUT2D eigenvalue weighted by atomic mass is 35.5. The van der Waals surface area contributed by atoms with Crippen LogP contribution in [0, 0.1) is 0 Å². The number of carboxylic acids is 2. The van der Waals surface area contributed by atoms with Crippen LogP contribution < -0.4 is 15.9 Å². The molecule has 0 aliphatic carbocycles. The molecule has 0 saturated heterocycles. The zero-order chi connectivity index (χ0) is 31.1. The van der Waals surface area contributed by atoms with E-state index < -0.39 is 42.3 Å². The molecule has 2 heterocycles. The molecule has 2 atom stereocenters. The molecule has 2 aromatic heterocycles. The van der Waals surface area contributed by atoms with Gasteiger partial charge >= 0.3 is 24.0 Å². The van der Waals surface area contributed by atoms with E-state index in [2.05, 4.69) is 10.2 Å². The van der Waals surface area contributed by atoms with Gasteiger partial charge in [-0.25, -0.2) is 9.63 Å². The van der Waals surface area contributed by atoms with Gasteiger partial charge in [0.2, 0.25) is 0 Å². The third kappa shape index (κ3) is 22.4. The molecule has 0 fully saturated rings. The number of amides is 1.